The Morgan fingerprint density at radius 3 is 2.28 bits per heavy atom. The van der Waals surface area contributed by atoms with Crippen molar-refractivity contribution in [2.75, 3.05) is 6.54 Å². The lowest BCUT2D eigenvalue weighted by molar-refractivity contribution is 0.0815. The minimum absolute atomic E-state index is 0.0434. The molecule has 0 radical (unpaired) electrons. The predicted molar refractivity (Wildman–Crippen MR) is 74.5 cm³/mol. The van der Waals surface area contributed by atoms with Crippen LogP contribution in [0.3, 0.4) is 0 Å². The van der Waals surface area contributed by atoms with E-state index in [-0.39, 0.29) is 12.0 Å². The molecule has 0 aliphatic rings. The molecule has 0 saturated heterocycles. The van der Waals surface area contributed by atoms with Gasteiger partial charge in [-0.15, -0.1) is 0 Å². The molecule has 0 aliphatic carbocycles. The van der Waals surface area contributed by atoms with E-state index in [4.69, 9.17) is 10.5 Å². The third-order valence-electron chi connectivity index (χ3n) is 3.13. The number of ether oxygens (including phenoxy) is 1. The molecule has 3 heteroatoms. The molecule has 0 aromatic heterocycles. The molecule has 0 fully saturated rings. The molecule has 0 spiro atoms. The first kappa shape index (κ1) is 15.0. The zero-order chi connectivity index (χ0) is 13.7. The summed E-state index contributed by atoms with van der Waals surface area (Å²) >= 11 is 0. The fourth-order valence-corrected chi connectivity index (χ4v) is 2.08. The van der Waals surface area contributed by atoms with Crippen molar-refractivity contribution in [1.82, 2.24) is 0 Å². The summed E-state index contributed by atoms with van der Waals surface area (Å²) in [5.74, 6) is 1.12. The SMILES string of the molecule is CC(C)Oc1ccccc1C(O)C(CN)C(C)C. The molecule has 0 aliphatic heterocycles. The Bertz CT molecular complexity index is 363. The Kier molecular flexibility index (Phi) is 5.63. The van der Waals surface area contributed by atoms with E-state index in [0.29, 0.717) is 12.5 Å². The number of rotatable bonds is 6. The number of para-hydroxylation sites is 1. The van der Waals surface area contributed by atoms with Gasteiger partial charge in [0.1, 0.15) is 5.75 Å². The lowest BCUT2D eigenvalue weighted by atomic mass is 9.86. The molecular formula is C15H25NO2. The molecule has 1 aromatic carbocycles. The Balaban J connectivity index is 3.00. The van der Waals surface area contributed by atoms with E-state index in [1.54, 1.807) is 0 Å². The highest BCUT2D eigenvalue weighted by atomic mass is 16.5. The second-order valence-corrected chi connectivity index (χ2v) is 5.29. The van der Waals surface area contributed by atoms with E-state index in [2.05, 4.69) is 13.8 Å². The predicted octanol–water partition coefficient (Wildman–Crippen LogP) is 2.74. The highest BCUT2D eigenvalue weighted by molar-refractivity contribution is 5.35. The summed E-state index contributed by atoms with van der Waals surface area (Å²) in [6.45, 7) is 8.58. The fourth-order valence-electron chi connectivity index (χ4n) is 2.08. The van der Waals surface area contributed by atoms with Gasteiger partial charge in [-0.05, 0) is 32.4 Å². The van der Waals surface area contributed by atoms with Gasteiger partial charge in [-0.25, -0.2) is 0 Å². The second kappa shape index (κ2) is 6.76. The molecule has 18 heavy (non-hydrogen) atoms. The third-order valence-corrected chi connectivity index (χ3v) is 3.13. The van der Waals surface area contributed by atoms with Crippen LogP contribution >= 0.6 is 0 Å². The standard InChI is InChI=1S/C15H25NO2/c1-10(2)13(9-16)15(17)12-7-5-6-8-14(12)18-11(3)4/h5-8,10-11,13,15,17H,9,16H2,1-4H3. The number of hydrogen-bond acceptors (Lipinski definition) is 3. The van der Waals surface area contributed by atoms with Gasteiger partial charge in [0.15, 0.2) is 0 Å². The van der Waals surface area contributed by atoms with Gasteiger partial charge >= 0.3 is 0 Å². The Morgan fingerprint density at radius 2 is 1.78 bits per heavy atom. The van der Waals surface area contributed by atoms with Crippen molar-refractivity contribution in [3.63, 3.8) is 0 Å². The first-order valence-electron chi connectivity index (χ1n) is 6.61. The van der Waals surface area contributed by atoms with Crippen LogP contribution in [0.5, 0.6) is 5.75 Å². The van der Waals surface area contributed by atoms with Crippen LogP contribution in [0, 0.1) is 11.8 Å². The van der Waals surface area contributed by atoms with Crippen molar-refractivity contribution >= 4 is 0 Å². The summed E-state index contributed by atoms with van der Waals surface area (Å²) in [7, 11) is 0. The highest BCUT2D eigenvalue weighted by Crippen LogP contribution is 2.33. The molecule has 3 N–H and O–H groups in total. The van der Waals surface area contributed by atoms with Crippen LogP contribution in [0.1, 0.15) is 39.4 Å². The molecule has 0 saturated carbocycles. The van der Waals surface area contributed by atoms with Gasteiger partial charge in [0, 0.05) is 11.5 Å². The van der Waals surface area contributed by atoms with Crippen molar-refractivity contribution < 1.29 is 9.84 Å². The maximum Gasteiger partial charge on any atom is 0.125 e. The molecule has 2 unspecified atom stereocenters. The van der Waals surface area contributed by atoms with E-state index < -0.39 is 6.10 Å². The number of aliphatic hydroxyl groups excluding tert-OH is 1. The zero-order valence-electron chi connectivity index (χ0n) is 11.8. The lowest BCUT2D eigenvalue weighted by Gasteiger charge is -2.27. The minimum Gasteiger partial charge on any atom is -0.491 e. The average molecular weight is 251 g/mol. The number of aliphatic hydroxyl groups is 1. The largest absolute Gasteiger partial charge is 0.491 e. The molecule has 2 atom stereocenters. The van der Waals surface area contributed by atoms with E-state index >= 15 is 0 Å². The van der Waals surface area contributed by atoms with Crippen molar-refractivity contribution in [1.29, 1.82) is 0 Å². The van der Waals surface area contributed by atoms with E-state index in [9.17, 15) is 5.11 Å². The van der Waals surface area contributed by atoms with E-state index in [1.807, 2.05) is 38.1 Å². The fraction of sp³-hybridized carbons (Fsp3) is 0.600. The second-order valence-electron chi connectivity index (χ2n) is 5.29. The quantitative estimate of drug-likeness (QED) is 0.817. The molecule has 1 rings (SSSR count). The highest BCUT2D eigenvalue weighted by Gasteiger charge is 2.25. The molecular weight excluding hydrogens is 226 g/mol. The molecule has 0 heterocycles. The summed E-state index contributed by atoms with van der Waals surface area (Å²) in [5, 5.41) is 10.5. The van der Waals surface area contributed by atoms with Gasteiger partial charge in [-0.1, -0.05) is 32.0 Å². The van der Waals surface area contributed by atoms with Crippen molar-refractivity contribution in [2.24, 2.45) is 17.6 Å². The molecule has 3 nitrogen and oxygen atoms in total. The summed E-state index contributed by atoms with van der Waals surface area (Å²) in [6.07, 6.45) is -0.487. The van der Waals surface area contributed by atoms with Crippen molar-refractivity contribution in [3.8, 4) is 5.75 Å². The van der Waals surface area contributed by atoms with Crippen LogP contribution in [0.25, 0.3) is 0 Å². The maximum absolute atomic E-state index is 10.5. The Labute approximate surface area is 110 Å². The number of benzene rings is 1. The lowest BCUT2D eigenvalue weighted by Crippen LogP contribution is -2.27. The number of nitrogens with two attached hydrogens (primary N) is 1. The van der Waals surface area contributed by atoms with Crippen molar-refractivity contribution in [3.05, 3.63) is 29.8 Å². The number of hydrogen-bond donors (Lipinski definition) is 2. The van der Waals surface area contributed by atoms with Gasteiger partial charge < -0.3 is 15.6 Å². The van der Waals surface area contributed by atoms with Crippen molar-refractivity contribution in [2.45, 2.75) is 39.9 Å². The first-order chi connectivity index (χ1) is 8.47. The van der Waals surface area contributed by atoms with Gasteiger partial charge in [0.25, 0.3) is 0 Å². The van der Waals surface area contributed by atoms with Crippen LogP contribution in [0.2, 0.25) is 0 Å². The summed E-state index contributed by atoms with van der Waals surface area (Å²) in [4.78, 5) is 0. The van der Waals surface area contributed by atoms with Crippen LogP contribution < -0.4 is 10.5 Å². The van der Waals surface area contributed by atoms with Gasteiger partial charge in [0.2, 0.25) is 0 Å². The molecule has 0 amide bonds. The maximum atomic E-state index is 10.5. The Morgan fingerprint density at radius 1 is 1.17 bits per heavy atom. The Hall–Kier alpha value is -1.06. The topological polar surface area (TPSA) is 55.5 Å². The van der Waals surface area contributed by atoms with Crippen LogP contribution in [0.15, 0.2) is 24.3 Å². The van der Waals surface area contributed by atoms with Crippen LogP contribution in [-0.4, -0.2) is 17.8 Å². The minimum atomic E-state index is -0.579. The monoisotopic (exact) mass is 251 g/mol. The molecule has 1 aromatic rings. The smallest absolute Gasteiger partial charge is 0.125 e. The normalized spacial score (nSPS) is 14.9. The third kappa shape index (κ3) is 3.72. The van der Waals surface area contributed by atoms with Gasteiger partial charge in [-0.3, -0.25) is 0 Å². The van der Waals surface area contributed by atoms with Gasteiger partial charge in [0.05, 0.1) is 12.2 Å². The average Bonchev–Trinajstić information content (AvgIpc) is 2.29. The molecule has 102 valence electrons. The van der Waals surface area contributed by atoms with Gasteiger partial charge in [-0.2, -0.15) is 0 Å². The van der Waals surface area contributed by atoms with E-state index in [1.165, 1.54) is 0 Å². The first-order valence-corrected chi connectivity index (χ1v) is 6.61. The summed E-state index contributed by atoms with van der Waals surface area (Å²) in [5.41, 5.74) is 6.59. The summed E-state index contributed by atoms with van der Waals surface area (Å²) in [6, 6.07) is 7.64. The molecule has 0 bridgehead atoms. The van der Waals surface area contributed by atoms with E-state index in [0.717, 1.165) is 11.3 Å². The van der Waals surface area contributed by atoms with Crippen LogP contribution in [-0.2, 0) is 0 Å². The van der Waals surface area contributed by atoms with Crippen LogP contribution in [0.4, 0.5) is 0 Å². The summed E-state index contributed by atoms with van der Waals surface area (Å²) < 4.78 is 5.74. The zero-order valence-corrected chi connectivity index (χ0v) is 11.8.